The van der Waals surface area contributed by atoms with Crippen LogP contribution in [-0.4, -0.2) is 32.0 Å². The molecule has 1 aromatic carbocycles. The summed E-state index contributed by atoms with van der Waals surface area (Å²) in [6.45, 7) is 8.15. The molecule has 0 amide bonds. The minimum atomic E-state index is -1.30. The maximum absolute atomic E-state index is 12.0. The van der Waals surface area contributed by atoms with Crippen LogP contribution in [-0.2, 0) is 17.4 Å². The smallest absolute Gasteiger partial charge is 0.147 e. The summed E-state index contributed by atoms with van der Waals surface area (Å²) in [5, 5.41) is 7.77. The molecule has 1 aliphatic carbocycles. The van der Waals surface area contributed by atoms with Gasteiger partial charge in [0, 0.05) is 18.0 Å². The van der Waals surface area contributed by atoms with Gasteiger partial charge in [0.25, 0.3) is 0 Å². The number of aryl methyl sites for hydroxylation is 1. The molecule has 1 unspecified atom stereocenters. The van der Waals surface area contributed by atoms with Gasteiger partial charge in [-0.1, -0.05) is 54.4 Å². The van der Waals surface area contributed by atoms with E-state index in [9.17, 15) is 4.21 Å². The van der Waals surface area contributed by atoms with E-state index in [1.54, 1.807) is 6.07 Å². The fourth-order valence-electron chi connectivity index (χ4n) is 5.59. The lowest BCUT2D eigenvalue weighted by molar-refractivity contribution is 0.134. The molecule has 1 aromatic heterocycles. The van der Waals surface area contributed by atoms with Gasteiger partial charge in [-0.3, -0.25) is 5.14 Å². The molecule has 1 spiro atoms. The SMILES string of the molecule is CCc1nc(N2CCC3(CCC[C@@H]3CC(C)(C)S(N)=O)CC2)cnc1Sc1cccc(Cl)c1Cl. The van der Waals surface area contributed by atoms with Crippen molar-refractivity contribution in [3.63, 3.8) is 0 Å². The zero-order valence-electron chi connectivity index (χ0n) is 20.2. The van der Waals surface area contributed by atoms with Crippen molar-refractivity contribution in [2.45, 2.75) is 80.4 Å². The van der Waals surface area contributed by atoms with E-state index in [2.05, 4.69) is 11.8 Å². The van der Waals surface area contributed by atoms with Crippen LogP contribution in [0, 0.1) is 11.3 Å². The molecule has 1 saturated carbocycles. The molecule has 34 heavy (non-hydrogen) atoms. The van der Waals surface area contributed by atoms with Crippen molar-refractivity contribution >= 4 is 51.8 Å². The van der Waals surface area contributed by atoms with E-state index >= 15 is 0 Å². The molecule has 0 radical (unpaired) electrons. The first kappa shape index (κ1) is 26.2. The summed E-state index contributed by atoms with van der Waals surface area (Å²) in [5.74, 6) is 1.54. The fourth-order valence-corrected chi connectivity index (χ4v) is 7.39. The molecule has 2 aliphatic rings. The highest BCUT2D eigenvalue weighted by Gasteiger charge is 2.47. The van der Waals surface area contributed by atoms with Gasteiger partial charge in [-0.05, 0) is 75.8 Å². The topological polar surface area (TPSA) is 72.1 Å². The van der Waals surface area contributed by atoms with Gasteiger partial charge < -0.3 is 4.90 Å². The second kappa shape index (κ2) is 10.6. The molecule has 2 atom stereocenters. The van der Waals surface area contributed by atoms with Crippen LogP contribution in [0.25, 0.3) is 0 Å². The number of anilines is 1. The van der Waals surface area contributed by atoms with E-state index in [-0.39, 0.29) is 4.75 Å². The first-order valence-corrected chi connectivity index (χ1v) is 14.8. The number of nitrogens with zero attached hydrogens (tertiary/aromatic N) is 3. The van der Waals surface area contributed by atoms with Gasteiger partial charge >= 0.3 is 0 Å². The van der Waals surface area contributed by atoms with E-state index in [1.165, 1.54) is 31.0 Å². The summed E-state index contributed by atoms with van der Waals surface area (Å²) < 4.78 is 11.7. The minimum absolute atomic E-state index is 0.333. The molecule has 2 fully saturated rings. The Kier molecular flexibility index (Phi) is 8.20. The Morgan fingerprint density at radius 2 is 2.00 bits per heavy atom. The van der Waals surface area contributed by atoms with Crippen LogP contribution in [0.1, 0.15) is 65.0 Å². The number of hydrogen-bond donors (Lipinski definition) is 1. The van der Waals surface area contributed by atoms with Gasteiger partial charge in [-0.15, -0.1) is 0 Å². The van der Waals surface area contributed by atoms with Crippen molar-refractivity contribution in [1.29, 1.82) is 0 Å². The van der Waals surface area contributed by atoms with Gasteiger partial charge in [0.15, 0.2) is 0 Å². The van der Waals surface area contributed by atoms with E-state index in [0.29, 0.717) is 21.4 Å². The van der Waals surface area contributed by atoms with Gasteiger partial charge in [0.2, 0.25) is 0 Å². The number of nitrogens with two attached hydrogens (primary N) is 1. The Balaban J connectivity index is 1.46. The molecular formula is C25H34Cl2N4OS2. The number of hydrogen-bond acceptors (Lipinski definition) is 5. The maximum Gasteiger partial charge on any atom is 0.147 e. The molecule has 2 aromatic rings. The second-order valence-corrected chi connectivity index (χ2v) is 13.7. The van der Waals surface area contributed by atoms with E-state index in [1.807, 2.05) is 32.2 Å². The normalized spacial score (nSPS) is 21.2. The number of halogens is 2. The lowest BCUT2D eigenvalue weighted by Gasteiger charge is -2.45. The molecule has 1 saturated heterocycles. The van der Waals surface area contributed by atoms with Crippen molar-refractivity contribution in [3.8, 4) is 0 Å². The van der Waals surface area contributed by atoms with Gasteiger partial charge in [0.1, 0.15) is 10.8 Å². The molecule has 2 heterocycles. The standard InChI is InChI=1S/C25H34Cl2N4OS2/c1-4-19-23(33-20-9-5-8-18(26)22(20)27)29-16-21(30-19)31-13-11-25(12-14-31)10-6-7-17(25)15-24(2,3)34(28)32/h5,8-9,16-17H,4,6-7,10-15,28H2,1-3H3/t17-,34?/m1/s1. The molecular weight excluding hydrogens is 507 g/mol. The predicted molar refractivity (Wildman–Crippen MR) is 144 cm³/mol. The second-order valence-electron chi connectivity index (χ2n) is 10.2. The Labute approximate surface area is 220 Å². The summed E-state index contributed by atoms with van der Waals surface area (Å²) in [5.41, 5.74) is 1.32. The van der Waals surface area contributed by atoms with E-state index in [4.69, 9.17) is 38.3 Å². The Hall–Kier alpha value is -0.860. The van der Waals surface area contributed by atoms with Gasteiger partial charge in [-0.25, -0.2) is 14.2 Å². The molecule has 1 aliphatic heterocycles. The molecule has 186 valence electrons. The third kappa shape index (κ3) is 5.44. The first-order valence-electron chi connectivity index (χ1n) is 12.0. The lowest BCUT2D eigenvalue weighted by atomic mass is 9.68. The Bertz CT molecular complexity index is 1060. The minimum Gasteiger partial charge on any atom is -0.355 e. The molecule has 5 nitrogen and oxygen atoms in total. The largest absolute Gasteiger partial charge is 0.355 e. The van der Waals surface area contributed by atoms with Crippen LogP contribution in [0.5, 0.6) is 0 Å². The Morgan fingerprint density at radius 1 is 1.26 bits per heavy atom. The highest BCUT2D eigenvalue weighted by Crippen LogP contribution is 2.53. The summed E-state index contributed by atoms with van der Waals surface area (Å²) in [6, 6.07) is 5.64. The summed E-state index contributed by atoms with van der Waals surface area (Å²) in [4.78, 5) is 13.0. The van der Waals surface area contributed by atoms with Crippen LogP contribution >= 0.6 is 35.0 Å². The maximum atomic E-state index is 12.0. The first-order chi connectivity index (χ1) is 16.1. The van der Waals surface area contributed by atoms with E-state index < -0.39 is 11.0 Å². The van der Waals surface area contributed by atoms with Crippen molar-refractivity contribution in [2.75, 3.05) is 18.0 Å². The zero-order chi connectivity index (χ0) is 24.5. The highest BCUT2D eigenvalue weighted by atomic mass is 35.5. The number of rotatable bonds is 7. The summed E-state index contributed by atoms with van der Waals surface area (Å²) in [7, 11) is -1.30. The monoisotopic (exact) mass is 540 g/mol. The van der Waals surface area contributed by atoms with Crippen LogP contribution < -0.4 is 10.0 Å². The van der Waals surface area contributed by atoms with Crippen molar-refractivity contribution in [3.05, 3.63) is 40.1 Å². The lowest BCUT2D eigenvalue weighted by Crippen LogP contribution is -2.45. The summed E-state index contributed by atoms with van der Waals surface area (Å²) in [6.07, 6.45) is 9.66. The van der Waals surface area contributed by atoms with Crippen molar-refractivity contribution in [2.24, 2.45) is 16.5 Å². The third-order valence-electron chi connectivity index (χ3n) is 7.71. The predicted octanol–water partition coefficient (Wildman–Crippen LogP) is 6.67. The van der Waals surface area contributed by atoms with Crippen molar-refractivity contribution < 1.29 is 4.21 Å². The number of aromatic nitrogens is 2. The average molecular weight is 542 g/mol. The molecule has 9 heteroatoms. The highest BCUT2D eigenvalue weighted by molar-refractivity contribution is 7.99. The van der Waals surface area contributed by atoms with Crippen LogP contribution in [0.4, 0.5) is 5.82 Å². The quantitative estimate of drug-likeness (QED) is 0.424. The zero-order valence-corrected chi connectivity index (χ0v) is 23.3. The van der Waals surface area contributed by atoms with Crippen molar-refractivity contribution in [1.82, 2.24) is 9.97 Å². The van der Waals surface area contributed by atoms with Crippen LogP contribution in [0.3, 0.4) is 0 Å². The van der Waals surface area contributed by atoms with Crippen LogP contribution in [0.2, 0.25) is 10.0 Å². The number of piperidine rings is 1. The summed E-state index contributed by atoms with van der Waals surface area (Å²) >= 11 is 14.1. The Morgan fingerprint density at radius 3 is 2.68 bits per heavy atom. The van der Waals surface area contributed by atoms with Gasteiger partial charge in [0.05, 0.1) is 37.7 Å². The van der Waals surface area contributed by atoms with Crippen LogP contribution in [0.15, 0.2) is 34.3 Å². The average Bonchev–Trinajstić information content (AvgIpc) is 3.18. The van der Waals surface area contributed by atoms with E-state index in [0.717, 1.165) is 60.2 Å². The fraction of sp³-hybridized carbons (Fsp3) is 0.600. The van der Waals surface area contributed by atoms with Gasteiger partial charge in [-0.2, -0.15) is 0 Å². The molecule has 4 rings (SSSR count). The number of benzene rings is 1. The molecule has 0 bridgehead atoms. The molecule has 2 N–H and O–H groups in total. The third-order valence-corrected chi connectivity index (χ3v) is 11.0.